The molecule has 0 amide bonds. The molecular formula is C22H24ClN3O2S. The minimum absolute atomic E-state index is 0.0550. The highest BCUT2D eigenvalue weighted by molar-refractivity contribution is 7.90. The van der Waals surface area contributed by atoms with Crippen LogP contribution in [0.25, 0.3) is 22.0 Å². The summed E-state index contributed by atoms with van der Waals surface area (Å²) in [6, 6.07) is 11.7. The van der Waals surface area contributed by atoms with Gasteiger partial charge >= 0.3 is 0 Å². The number of anilines is 1. The second-order valence-corrected chi connectivity index (χ2v) is 9.36. The Kier molecular flexibility index (Phi) is 5.88. The molecule has 1 saturated carbocycles. The van der Waals surface area contributed by atoms with Gasteiger partial charge in [-0.1, -0.05) is 23.7 Å². The molecule has 0 saturated heterocycles. The number of pyridine rings is 1. The lowest BCUT2D eigenvalue weighted by atomic mass is 9.91. The van der Waals surface area contributed by atoms with E-state index in [-0.39, 0.29) is 11.8 Å². The standard InChI is InChI=1S/C22H24ClN3O2S/c1-29(28)21-12-25-19-8-2-13(14-3-9-20(27)18(23)11-14)10-17(19)22(21)26-16-6-4-15(24)5-7-16/h2-3,8-12,15-16,27H,4-7,24H2,1H3,(H,25,26). The maximum absolute atomic E-state index is 12.4. The molecule has 1 aliphatic carbocycles. The molecule has 0 bridgehead atoms. The average molecular weight is 430 g/mol. The van der Waals surface area contributed by atoms with Crippen LogP contribution in [0.1, 0.15) is 25.7 Å². The highest BCUT2D eigenvalue weighted by Crippen LogP contribution is 2.36. The molecule has 4 rings (SSSR count). The first-order valence-electron chi connectivity index (χ1n) is 9.69. The van der Waals surface area contributed by atoms with Crippen molar-refractivity contribution in [2.24, 2.45) is 5.73 Å². The van der Waals surface area contributed by atoms with Crippen molar-refractivity contribution in [1.29, 1.82) is 0 Å². The molecule has 2 aromatic carbocycles. The maximum Gasteiger partial charge on any atom is 0.194 e. The van der Waals surface area contributed by atoms with Gasteiger partial charge < -0.3 is 20.7 Å². The van der Waals surface area contributed by atoms with Gasteiger partial charge in [-0.3, -0.25) is 4.98 Å². The molecule has 1 fully saturated rings. The number of rotatable bonds is 4. The Labute approximate surface area is 178 Å². The largest absolute Gasteiger partial charge is 0.612 e. The third-order valence-corrected chi connectivity index (χ3v) is 6.78. The monoisotopic (exact) mass is 429 g/mol. The van der Waals surface area contributed by atoms with Gasteiger partial charge in [0.05, 0.1) is 16.7 Å². The Morgan fingerprint density at radius 3 is 2.52 bits per heavy atom. The lowest BCUT2D eigenvalue weighted by molar-refractivity contribution is 0.411. The molecule has 4 N–H and O–H groups in total. The minimum atomic E-state index is -1.17. The number of halogens is 1. The number of phenolic OH excluding ortho intramolecular Hbond substituents is 1. The second-order valence-electron chi connectivity index (χ2n) is 7.61. The van der Waals surface area contributed by atoms with Crippen LogP contribution in [0.3, 0.4) is 0 Å². The number of nitrogens with one attached hydrogen (secondary N) is 1. The van der Waals surface area contributed by atoms with E-state index in [1.165, 1.54) is 0 Å². The van der Waals surface area contributed by atoms with Gasteiger partial charge in [-0.05, 0) is 72.3 Å². The summed E-state index contributed by atoms with van der Waals surface area (Å²) in [7, 11) is 0. The van der Waals surface area contributed by atoms with Crippen molar-refractivity contribution in [3.05, 3.63) is 47.6 Å². The third kappa shape index (κ3) is 4.31. The van der Waals surface area contributed by atoms with E-state index in [0.717, 1.165) is 53.4 Å². The molecule has 5 nitrogen and oxygen atoms in total. The zero-order valence-electron chi connectivity index (χ0n) is 16.2. The highest BCUT2D eigenvalue weighted by Gasteiger charge is 2.23. The Morgan fingerprint density at radius 1 is 1.14 bits per heavy atom. The molecule has 152 valence electrons. The van der Waals surface area contributed by atoms with E-state index in [1.807, 2.05) is 24.3 Å². The van der Waals surface area contributed by atoms with Crippen molar-refractivity contribution < 1.29 is 9.66 Å². The Bertz CT molecular complexity index is 1040. The fourth-order valence-electron chi connectivity index (χ4n) is 3.87. The fourth-order valence-corrected chi connectivity index (χ4v) is 4.71. The molecule has 1 aliphatic rings. The lowest BCUT2D eigenvalue weighted by Crippen LogP contribution is -2.33. The van der Waals surface area contributed by atoms with Crippen LogP contribution < -0.4 is 11.1 Å². The smallest absolute Gasteiger partial charge is 0.194 e. The van der Waals surface area contributed by atoms with Gasteiger partial charge in [-0.2, -0.15) is 0 Å². The number of fused-ring (bicyclic) bond motifs is 1. The SMILES string of the molecule is C[S+]([O-])c1cnc2ccc(-c3ccc(O)c(Cl)c3)cc2c1NC1CCC(N)CC1. The summed E-state index contributed by atoms with van der Waals surface area (Å²) in [4.78, 5) is 5.22. The summed E-state index contributed by atoms with van der Waals surface area (Å²) in [5.41, 5.74) is 9.61. The molecule has 1 unspecified atom stereocenters. The van der Waals surface area contributed by atoms with Gasteiger partial charge in [0, 0.05) is 17.5 Å². The molecule has 7 heteroatoms. The minimum Gasteiger partial charge on any atom is -0.612 e. The van der Waals surface area contributed by atoms with Crippen LogP contribution in [0.15, 0.2) is 47.5 Å². The zero-order chi connectivity index (χ0) is 20.5. The number of hydrogen-bond acceptors (Lipinski definition) is 5. The summed E-state index contributed by atoms with van der Waals surface area (Å²) in [5, 5.41) is 14.6. The normalized spacial score (nSPS) is 20.6. The van der Waals surface area contributed by atoms with Crippen LogP contribution in [0, 0.1) is 0 Å². The van der Waals surface area contributed by atoms with Crippen LogP contribution in [0.4, 0.5) is 5.69 Å². The third-order valence-electron chi connectivity index (χ3n) is 5.54. The molecular weight excluding hydrogens is 406 g/mol. The van der Waals surface area contributed by atoms with Crippen LogP contribution in [0.5, 0.6) is 5.75 Å². The van der Waals surface area contributed by atoms with Crippen LogP contribution in [-0.2, 0) is 11.2 Å². The number of nitrogens with two attached hydrogens (primary N) is 1. The summed E-state index contributed by atoms with van der Waals surface area (Å²) < 4.78 is 12.4. The van der Waals surface area contributed by atoms with E-state index in [2.05, 4.69) is 10.3 Å². The average Bonchev–Trinajstić information content (AvgIpc) is 2.71. The van der Waals surface area contributed by atoms with Gasteiger partial charge in [-0.15, -0.1) is 0 Å². The molecule has 0 radical (unpaired) electrons. The van der Waals surface area contributed by atoms with E-state index in [0.29, 0.717) is 16.0 Å². The van der Waals surface area contributed by atoms with E-state index in [9.17, 15) is 9.66 Å². The van der Waals surface area contributed by atoms with E-state index in [1.54, 1.807) is 24.6 Å². The van der Waals surface area contributed by atoms with Gasteiger partial charge in [0.2, 0.25) is 0 Å². The predicted octanol–water partition coefficient (Wildman–Crippen LogP) is 4.68. The molecule has 1 aromatic heterocycles. The predicted molar refractivity (Wildman–Crippen MR) is 120 cm³/mol. The maximum atomic E-state index is 12.4. The van der Waals surface area contributed by atoms with Crippen molar-refractivity contribution in [3.8, 4) is 16.9 Å². The summed E-state index contributed by atoms with van der Waals surface area (Å²) in [5.74, 6) is 0.0550. The van der Waals surface area contributed by atoms with E-state index >= 15 is 0 Å². The molecule has 0 spiro atoms. The second kappa shape index (κ2) is 8.40. The first-order chi connectivity index (χ1) is 13.9. The number of aromatic nitrogens is 1. The first-order valence-corrected chi connectivity index (χ1v) is 11.6. The van der Waals surface area contributed by atoms with Gasteiger partial charge in [0.15, 0.2) is 4.90 Å². The number of nitrogens with zero attached hydrogens (tertiary/aromatic N) is 1. The molecule has 29 heavy (non-hydrogen) atoms. The number of aromatic hydroxyl groups is 1. The van der Waals surface area contributed by atoms with Crippen molar-refractivity contribution in [2.45, 2.75) is 42.7 Å². The highest BCUT2D eigenvalue weighted by atomic mass is 35.5. The molecule has 1 atom stereocenters. The number of benzene rings is 2. The first kappa shape index (κ1) is 20.3. The summed E-state index contributed by atoms with van der Waals surface area (Å²) in [6.45, 7) is 0. The molecule has 1 heterocycles. The quantitative estimate of drug-likeness (QED) is 0.523. The number of phenols is 1. The van der Waals surface area contributed by atoms with Crippen molar-refractivity contribution in [3.63, 3.8) is 0 Å². The van der Waals surface area contributed by atoms with Crippen LogP contribution in [-0.4, -0.2) is 33.0 Å². The van der Waals surface area contributed by atoms with Crippen molar-refractivity contribution in [2.75, 3.05) is 11.6 Å². The lowest BCUT2D eigenvalue weighted by Gasteiger charge is -2.28. The van der Waals surface area contributed by atoms with Crippen molar-refractivity contribution >= 4 is 39.4 Å². The fraction of sp³-hybridized carbons (Fsp3) is 0.318. The van der Waals surface area contributed by atoms with E-state index in [4.69, 9.17) is 17.3 Å². The molecule has 0 aliphatic heterocycles. The Morgan fingerprint density at radius 2 is 1.83 bits per heavy atom. The topological polar surface area (TPSA) is 94.2 Å². The Balaban J connectivity index is 1.79. The Hall–Kier alpha value is -1.99. The number of hydrogen-bond donors (Lipinski definition) is 3. The summed E-state index contributed by atoms with van der Waals surface area (Å²) in [6.07, 6.45) is 7.34. The molecule has 3 aromatic rings. The zero-order valence-corrected chi connectivity index (χ0v) is 17.8. The van der Waals surface area contributed by atoms with Crippen LogP contribution in [0.2, 0.25) is 5.02 Å². The van der Waals surface area contributed by atoms with Gasteiger partial charge in [0.1, 0.15) is 17.7 Å². The van der Waals surface area contributed by atoms with Gasteiger partial charge in [0.25, 0.3) is 0 Å². The van der Waals surface area contributed by atoms with Gasteiger partial charge in [-0.25, -0.2) is 0 Å². The van der Waals surface area contributed by atoms with Crippen LogP contribution >= 0.6 is 11.6 Å². The summed E-state index contributed by atoms with van der Waals surface area (Å²) >= 11 is 4.93. The van der Waals surface area contributed by atoms with E-state index < -0.39 is 11.2 Å². The van der Waals surface area contributed by atoms with Crippen molar-refractivity contribution in [1.82, 2.24) is 4.98 Å².